The molecule has 4 aromatic rings. The Morgan fingerprint density at radius 1 is 1.04 bits per heavy atom. The Hall–Kier alpha value is -3.05. The molecular weight excluding hydrogens is 330 g/mol. The largest absolute Gasteiger partial charge is 0.322 e. The van der Waals surface area contributed by atoms with E-state index < -0.39 is 0 Å². The number of nitrogens with one attached hydrogen (secondary N) is 1. The van der Waals surface area contributed by atoms with Crippen LogP contribution in [0.4, 0.5) is 5.69 Å². The van der Waals surface area contributed by atoms with Gasteiger partial charge in [0.05, 0.1) is 0 Å². The summed E-state index contributed by atoms with van der Waals surface area (Å²) in [7, 11) is 0. The highest BCUT2D eigenvalue weighted by Crippen LogP contribution is 2.29. The van der Waals surface area contributed by atoms with Crippen molar-refractivity contribution in [3.63, 3.8) is 0 Å². The van der Waals surface area contributed by atoms with Gasteiger partial charge in [0.2, 0.25) is 0 Å². The van der Waals surface area contributed by atoms with E-state index in [9.17, 15) is 4.79 Å². The Morgan fingerprint density at radius 2 is 1.88 bits per heavy atom. The van der Waals surface area contributed by atoms with E-state index in [1.807, 2.05) is 67.6 Å². The van der Waals surface area contributed by atoms with E-state index in [1.54, 1.807) is 17.5 Å². The highest BCUT2D eigenvalue weighted by atomic mass is 32.1. The van der Waals surface area contributed by atoms with Crippen LogP contribution in [0.15, 0.2) is 66.9 Å². The van der Waals surface area contributed by atoms with E-state index in [1.165, 1.54) is 0 Å². The molecule has 2 heterocycles. The molecule has 122 valence electrons. The molecule has 1 amide bonds. The number of rotatable bonds is 3. The van der Waals surface area contributed by atoms with E-state index in [0.717, 1.165) is 32.2 Å². The molecule has 0 unspecified atom stereocenters. The topological polar surface area (TPSA) is 54.9 Å². The van der Waals surface area contributed by atoms with Crippen molar-refractivity contribution in [2.24, 2.45) is 0 Å². The first-order valence-electron chi connectivity index (χ1n) is 7.89. The number of amides is 1. The average Bonchev–Trinajstić information content (AvgIpc) is 3.06. The Kier molecular flexibility index (Phi) is 3.99. The van der Waals surface area contributed by atoms with Gasteiger partial charge < -0.3 is 5.32 Å². The van der Waals surface area contributed by atoms with Crippen molar-refractivity contribution < 1.29 is 4.79 Å². The fraction of sp³-hybridized carbons (Fsp3) is 0.0500. The highest BCUT2D eigenvalue weighted by molar-refractivity contribution is 7.21. The third-order valence-electron chi connectivity index (χ3n) is 3.84. The summed E-state index contributed by atoms with van der Waals surface area (Å²) in [6, 6.07) is 19.1. The van der Waals surface area contributed by atoms with Gasteiger partial charge >= 0.3 is 0 Å². The van der Waals surface area contributed by atoms with Crippen molar-refractivity contribution in [3.8, 4) is 10.6 Å². The Balaban J connectivity index is 1.54. The molecule has 25 heavy (non-hydrogen) atoms. The van der Waals surface area contributed by atoms with Gasteiger partial charge in [-0.1, -0.05) is 29.0 Å². The maximum atomic E-state index is 12.3. The summed E-state index contributed by atoms with van der Waals surface area (Å²) in [4.78, 5) is 22.2. The van der Waals surface area contributed by atoms with Gasteiger partial charge in [-0.25, -0.2) is 9.97 Å². The molecule has 4 nitrogen and oxygen atoms in total. The van der Waals surface area contributed by atoms with Crippen LogP contribution in [0.1, 0.15) is 15.9 Å². The molecule has 0 aliphatic carbocycles. The van der Waals surface area contributed by atoms with E-state index >= 15 is 0 Å². The van der Waals surface area contributed by atoms with Gasteiger partial charge in [-0.3, -0.25) is 4.79 Å². The van der Waals surface area contributed by atoms with Crippen LogP contribution in [0.5, 0.6) is 0 Å². The summed E-state index contributed by atoms with van der Waals surface area (Å²) in [5, 5.41) is 3.84. The number of fused-ring (bicyclic) bond motifs is 1. The molecule has 0 spiro atoms. The Morgan fingerprint density at radius 3 is 2.64 bits per heavy atom. The number of hydrogen-bond acceptors (Lipinski definition) is 4. The van der Waals surface area contributed by atoms with Crippen LogP contribution in [0, 0.1) is 6.92 Å². The molecule has 0 atom stereocenters. The van der Waals surface area contributed by atoms with Crippen molar-refractivity contribution in [2.45, 2.75) is 6.92 Å². The van der Waals surface area contributed by atoms with Crippen molar-refractivity contribution in [1.82, 2.24) is 9.97 Å². The second-order valence-corrected chi connectivity index (χ2v) is 6.73. The van der Waals surface area contributed by atoms with Crippen molar-refractivity contribution >= 4 is 33.3 Å². The third kappa shape index (κ3) is 3.27. The van der Waals surface area contributed by atoms with Crippen molar-refractivity contribution in [3.05, 3.63) is 78.0 Å². The molecule has 0 aliphatic rings. The van der Waals surface area contributed by atoms with Gasteiger partial charge in [-0.15, -0.1) is 0 Å². The van der Waals surface area contributed by atoms with Gasteiger partial charge in [-0.05, 0) is 55.5 Å². The lowest BCUT2D eigenvalue weighted by Gasteiger charge is -2.06. The lowest BCUT2D eigenvalue weighted by molar-refractivity contribution is 0.102. The third-order valence-corrected chi connectivity index (χ3v) is 4.86. The van der Waals surface area contributed by atoms with Gasteiger partial charge in [-0.2, -0.15) is 0 Å². The van der Waals surface area contributed by atoms with Crippen LogP contribution < -0.4 is 5.32 Å². The maximum absolute atomic E-state index is 12.3. The molecule has 0 saturated heterocycles. The highest BCUT2D eigenvalue weighted by Gasteiger charge is 2.09. The predicted octanol–water partition coefficient (Wildman–Crippen LogP) is 4.92. The molecule has 0 aliphatic heterocycles. The van der Waals surface area contributed by atoms with Crippen LogP contribution in [-0.4, -0.2) is 15.9 Å². The first-order chi connectivity index (χ1) is 12.2. The summed E-state index contributed by atoms with van der Waals surface area (Å²) in [5.74, 6) is -0.111. The lowest BCUT2D eigenvalue weighted by atomic mass is 10.1. The molecule has 0 radical (unpaired) electrons. The number of pyridine rings is 1. The molecule has 4 rings (SSSR count). The fourth-order valence-electron chi connectivity index (χ4n) is 2.58. The summed E-state index contributed by atoms with van der Waals surface area (Å²) in [5.41, 5.74) is 4.39. The Bertz CT molecular complexity index is 1020. The average molecular weight is 345 g/mol. The first kappa shape index (κ1) is 15.5. The molecule has 5 heteroatoms. The summed E-state index contributed by atoms with van der Waals surface area (Å²) in [6.45, 7) is 1.97. The predicted molar refractivity (Wildman–Crippen MR) is 102 cm³/mol. The smallest absolute Gasteiger partial charge is 0.255 e. The van der Waals surface area contributed by atoms with E-state index in [-0.39, 0.29) is 5.91 Å². The number of aryl methyl sites for hydroxylation is 1. The monoisotopic (exact) mass is 345 g/mol. The SMILES string of the molecule is Cc1cccc(C(=O)Nc2ccc(-c3nc4cccnc4s3)cc2)c1. The van der Waals surface area contributed by atoms with Crippen LogP contribution >= 0.6 is 11.3 Å². The van der Waals surface area contributed by atoms with Crippen molar-refractivity contribution in [2.75, 3.05) is 5.32 Å². The number of aromatic nitrogens is 2. The molecule has 0 saturated carbocycles. The molecule has 0 fully saturated rings. The van der Waals surface area contributed by atoms with E-state index in [4.69, 9.17) is 0 Å². The minimum absolute atomic E-state index is 0.111. The number of carbonyl (C=O) groups excluding carboxylic acids is 1. The zero-order chi connectivity index (χ0) is 17.2. The number of anilines is 1. The number of benzene rings is 2. The molecule has 1 N–H and O–H groups in total. The van der Waals surface area contributed by atoms with Gasteiger partial charge in [0.1, 0.15) is 15.4 Å². The lowest BCUT2D eigenvalue weighted by Crippen LogP contribution is -2.11. The summed E-state index contributed by atoms with van der Waals surface area (Å²) >= 11 is 1.56. The normalized spacial score (nSPS) is 10.8. The van der Waals surface area contributed by atoms with Crippen LogP contribution in [-0.2, 0) is 0 Å². The standard InChI is InChI=1S/C20H15N3OS/c1-13-4-2-5-15(12-13)18(24)22-16-9-7-14(8-10-16)19-23-17-6-3-11-21-20(17)25-19/h2-12H,1H3,(H,22,24). The van der Waals surface area contributed by atoms with Gasteiger partial charge in [0.15, 0.2) is 0 Å². The Labute approximate surface area is 149 Å². The summed E-state index contributed by atoms with van der Waals surface area (Å²) < 4.78 is 0. The number of hydrogen-bond donors (Lipinski definition) is 1. The zero-order valence-electron chi connectivity index (χ0n) is 13.6. The quantitative estimate of drug-likeness (QED) is 0.573. The van der Waals surface area contributed by atoms with Crippen LogP contribution in [0.25, 0.3) is 20.9 Å². The van der Waals surface area contributed by atoms with E-state index in [2.05, 4.69) is 15.3 Å². The number of carbonyl (C=O) groups is 1. The maximum Gasteiger partial charge on any atom is 0.255 e. The number of thiazole rings is 1. The summed E-state index contributed by atoms with van der Waals surface area (Å²) in [6.07, 6.45) is 1.77. The minimum Gasteiger partial charge on any atom is -0.322 e. The first-order valence-corrected chi connectivity index (χ1v) is 8.71. The van der Waals surface area contributed by atoms with Gasteiger partial charge in [0.25, 0.3) is 5.91 Å². The van der Waals surface area contributed by atoms with Crippen LogP contribution in [0.3, 0.4) is 0 Å². The second-order valence-electron chi connectivity index (χ2n) is 5.75. The van der Waals surface area contributed by atoms with E-state index in [0.29, 0.717) is 5.56 Å². The zero-order valence-corrected chi connectivity index (χ0v) is 14.4. The van der Waals surface area contributed by atoms with Gasteiger partial charge in [0, 0.05) is 23.0 Å². The fourth-order valence-corrected chi connectivity index (χ4v) is 3.49. The van der Waals surface area contributed by atoms with Crippen molar-refractivity contribution in [1.29, 1.82) is 0 Å². The second kappa shape index (κ2) is 6.45. The minimum atomic E-state index is -0.111. The molecule has 2 aromatic carbocycles. The van der Waals surface area contributed by atoms with Crippen LogP contribution in [0.2, 0.25) is 0 Å². The molecular formula is C20H15N3OS. The molecule has 0 bridgehead atoms. The molecule has 2 aromatic heterocycles. The number of nitrogens with zero attached hydrogens (tertiary/aromatic N) is 2.